The van der Waals surface area contributed by atoms with Crippen LogP contribution in [0.25, 0.3) is 5.69 Å². The van der Waals surface area contributed by atoms with Crippen molar-refractivity contribution in [3.05, 3.63) is 81.2 Å². The first-order chi connectivity index (χ1) is 15.4. The predicted molar refractivity (Wildman–Crippen MR) is 124 cm³/mol. The van der Waals surface area contributed by atoms with Crippen molar-refractivity contribution in [3.63, 3.8) is 0 Å². The van der Waals surface area contributed by atoms with Crippen LogP contribution in [-0.2, 0) is 11.8 Å². The van der Waals surface area contributed by atoms with E-state index in [1.165, 1.54) is 4.68 Å². The lowest BCUT2D eigenvalue weighted by atomic mass is 9.96. The summed E-state index contributed by atoms with van der Waals surface area (Å²) >= 11 is 5.91. The van der Waals surface area contributed by atoms with E-state index in [2.05, 4.69) is 5.32 Å². The molecule has 1 aromatic heterocycles. The van der Waals surface area contributed by atoms with Crippen LogP contribution in [0.1, 0.15) is 28.9 Å². The lowest BCUT2D eigenvalue weighted by Crippen LogP contribution is -2.44. The normalized spacial score (nSPS) is 16.1. The van der Waals surface area contributed by atoms with Crippen molar-refractivity contribution < 1.29 is 9.59 Å². The van der Waals surface area contributed by atoms with E-state index in [9.17, 15) is 14.4 Å². The van der Waals surface area contributed by atoms with Crippen LogP contribution in [0.4, 0.5) is 5.69 Å². The van der Waals surface area contributed by atoms with E-state index in [-0.39, 0.29) is 29.0 Å². The SMILES string of the molecule is Cc1c(NC(=O)[C@H]2CCCN(C(=O)c3ccc(Cl)cc3)C2)c(=O)n(-c2ccccc2)n1C. The van der Waals surface area contributed by atoms with E-state index >= 15 is 0 Å². The molecule has 1 aliphatic heterocycles. The van der Waals surface area contributed by atoms with Crippen LogP contribution >= 0.6 is 11.6 Å². The molecule has 3 aromatic rings. The fourth-order valence-electron chi connectivity index (χ4n) is 4.09. The molecule has 0 bridgehead atoms. The number of para-hydroxylation sites is 1. The van der Waals surface area contributed by atoms with Crippen LogP contribution < -0.4 is 10.9 Å². The number of likely N-dealkylation sites (tertiary alicyclic amines) is 1. The minimum atomic E-state index is -0.385. The summed E-state index contributed by atoms with van der Waals surface area (Å²) in [5.74, 6) is -0.754. The number of hydrogen-bond acceptors (Lipinski definition) is 3. The zero-order valence-corrected chi connectivity index (χ0v) is 18.8. The maximum atomic E-state index is 13.1. The van der Waals surface area contributed by atoms with Gasteiger partial charge in [0.1, 0.15) is 5.69 Å². The second-order valence-electron chi connectivity index (χ2n) is 8.02. The summed E-state index contributed by atoms with van der Waals surface area (Å²) in [4.78, 5) is 40.7. The number of hydrogen-bond donors (Lipinski definition) is 1. The number of anilines is 1. The summed E-state index contributed by atoms with van der Waals surface area (Å²) in [7, 11) is 1.78. The van der Waals surface area contributed by atoms with Crippen molar-refractivity contribution in [1.29, 1.82) is 0 Å². The number of benzene rings is 2. The van der Waals surface area contributed by atoms with Crippen molar-refractivity contribution in [2.24, 2.45) is 13.0 Å². The van der Waals surface area contributed by atoms with Crippen molar-refractivity contribution in [2.45, 2.75) is 19.8 Å². The van der Waals surface area contributed by atoms with Gasteiger partial charge in [0.2, 0.25) is 5.91 Å². The molecule has 7 nitrogen and oxygen atoms in total. The largest absolute Gasteiger partial charge is 0.338 e. The van der Waals surface area contributed by atoms with Crippen LogP contribution in [0.3, 0.4) is 0 Å². The van der Waals surface area contributed by atoms with E-state index in [1.54, 1.807) is 47.8 Å². The number of nitrogens with zero attached hydrogens (tertiary/aromatic N) is 3. The van der Waals surface area contributed by atoms with Gasteiger partial charge in [-0.1, -0.05) is 29.8 Å². The molecule has 0 saturated carbocycles. The number of nitrogens with one attached hydrogen (secondary N) is 1. The molecule has 1 N–H and O–H groups in total. The molecule has 0 radical (unpaired) electrons. The highest BCUT2D eigenvalue weighted by atomic mass is 35.5. The summed E-state index contributed by atoms with van der Waals surface area (Å²) in [5.41, 5.74) is 1.91. The van der Waals surface area contributed by atoms with Gasteiger partial charge in [0.05, 0.1) is 17.3 Å². The van der Waals surface area contributed by atoms with Gasteiger partial charge in [0, 0.05) is 30.7 Å². The summed E-state index contributed by atoms with van der Waals surface area (Å²) in [6.45, 7) is 2.70. The number of aromatic nitrogens is 2. The number of carbonyl (C=O) groups is 2. The maximum absolute atomic E-state index is 13.1. The fourth-order valence-corrected chi connectivity index (χ4v) is 4.21. The Morgan fingerprint density at radius 3 is 2.44 bits per heavy atom. The standard InChI is InChI=1S/C24H25ClN4O3/c1-16-21(24(32)29(27(16)2)20-8-4-3-5-9-20)26-22(30)18-7-6-14-28(15-18)23(31)17-10-12-19(25)13-11-17/h3-5,8-13,18H,6-7,14-15H2,1-2H3,(H,26,30)/t18-/m0/s1. The molecule has 0 unspecified atom stereocenters. The lowest BCUT2D eigenvalue weighted by Gasteiger charge is -2.32. The number of rotatable bonds is 4. The monoisotopic (exact) mass is 452 g/mol. The van der Waals surface area contributed by atoms with Crippen LogP contribution in [0.5, 0.6) is 0 Å². The Morgan fingerprint density at radius 1 is 1.06 bits per heavy atom. The topological polar surface area (TPSA) is 76.3 Å². The maximum Gasteiger partial charge on any atom is 0.295 e. The Balaban J connectivity index is 1.51. The highest BCUT2D eigenvalue weighted by Crippen LogP contribution is 2.22. The fraction of sp³-hybridized carbons (Fsp3) is 0.292. The third kappa shape index (κ3) is 4.21. The van der Waals surface area contributed by atoms with Gasteiger partial charge in [0.25, 0.3) is 11.5 Å². The second kappa shape index (κ2) is 9.04. The van der Waals surface area contributed by atoms with E-state index in [4.69, 9.17) is 11.6 Å². The van der Waals surface area contributed by atoms with Gasteiger partial charge in [-0.25, -0.2) is 4.68 Å². The second-order valence-corrected chi connectivity index (χ2v) is 8.46. The average molecular weight is 453 g/mol. The summed E-state index contributed by atoms with van der Waals surface area (Å²) in [5, 5.41) is 3.40. The van der Waals surface area contributed by atoms with Crippen LogP contribution in [0, 0.1) is 12.8 Å². The minimum Gasteiger partial charge on any atom is -0.338 e. The molecule has 1 saturated heterocycles. The molecule has 4 rings (SSSR count). The highest BCUT2D eigenvalue weighted by molar-refractivity contribution is 6.30. The summed E-state index contributed by atoms with van der Waals surface area (Å²) < 4.78 is 3.26. The Kier molecular flexibility index (Phi) is 6.19. The van der Waals surface area contributed by atoms with Crippen molar-refractivity contribution in [3.8, 4) is 5.69 Å². The van der Waals surface area contributed by atoms with Crippen molar-refractivity contribution >= 4 is 29.1 Å². The Morgan fingerprint density at radius 2 is 1.75 bits per heavy atom. The van der Waals surface area contributed by atoms with Gasteiger partial charge < -0.3 is 10.2 Å². The zero-order valence-electron chi connectivity index (χ0n) is 18.0. The number of piperidine rings is 1. The molecule has 32 heavy (non-hydrogen) atoms. The van der Waals surface area contributed by atoms with E-state index in [0.29, 0.717) is 35.8 Å². The molecule has 2 heterocycles. The molecule has 0 spiro atoms. The van der Waals surface area contributed by atoms with Gasteiger partial charge in [-0.05, 0) is 56.2 Å². The van der Waals surface area contributed by atoms with E-state index in [0.717, 1.165) is 12.1 Å². The van der Waals surface area contributed by atoms with Gasteiger partial charge in [0.15, 0.2) is 0 Å². The van der Waals surface area contributed by atoms with Crippen LogP contribution in [0.2, 0.25) is 5.02 Å². The average Bonchev–Trinajstić information content (AvgIpc) is 3.02. The minimum absolute atomic E-state index is 0.124. The predicted octanol–water partition coefficient (Wildman–Crippen LogP) is 3.63. The van der Waals surface area contributed by atoms with Gasteiger partial charge in [-0.2, -0.15) is 0 Å². The number of halogens is 1. The quantitative estimate of drug-likeness (QED) is 0.656. The summed E-state index contributed by atoms with van der Waals surface area (Å²) in [6.07, 6.45) is 1.38. The first kappa shape index (κ1) is 21.9. The van der Waals surface area contributed by atoms with E-state index in [1.807, 2.05) is 30.3 Å². The Labute approximate surface area is 191 Å². The zero-order chi connectivity index (χ0) is 22.8. The molecule has 1 fully saturated rings. The molecule has 1 atom stereocenters. The highest BCUT2D eigenvalue weighted by Gasteiger charge is 2.30. The molecular formula is C24H25ClN4O3. The summed E-state index contributed by atoms with van der Waals surface area (Å²) in [6, 6.07) is 16.0. The Hall–Kier alpha value is -3.32. The molecule has 0 aliphatic carbocycles. The molecular weight excluding hydrogens is 428 g/mol. The smallest absolute Gasteiger partial charge is 0.295 e. The molecule has 8 heteroatoms. The molecule has 166 valence electrons. The lowest BCUT2D eigenvalue weighted by molar-refractivity contribution is -0.121. The van der Waals surface area contributed by atoms with Crippen molar-refractivity contribution in [2.75, 3.05) is 18.4 Å². The first-order valence-electron chi connectivity index (χ1n) is 10.6. The third-order valence-electron chi connectivity index (χ3n) is 5.97. The third-order valence-corrected chi connectivity index (χ3v) is 6.22. The van der Waals surface area contributed by atoms with Crippen LogP contribution in [0.15, 0.2) is 59.4 Å². The van der Waals surface area contributed by atoms with E-state index < -0.39 is 0 Å². The van der Waals surface area contributed by atoms with Crippen molar-refractivity contribution in [1.82, 2.24) is 14.3 Å². The van der Waals surface area contributed by atoms with Gasteiger partial charge in [-0.15, -0.1) is 0 Å². The first-order valence-corrected chi connectivity index (χ1v) is 10.9. The van der Waals surface area contributed by atoms with Crippen LogP contribution in [-0.4, -0.2) is 39.2 Å². The van der Waals surface area contributed by atoms with Gasteiger partial charge >= 0.3 is 0 Å². The van der Waals surface area contributed by atoms with Gasteiger partial charge in [-0.3, -0.25) is 19.1 Å². The molecule has 1 aliphatic rings. The Bertz CT molecular complexity index is 1200. The number of carbonyl (C=O) groups excluding carboxylic acids is 2. The number of amides is 2. The molecule has 2 amide bonds. The molecule has 2 aromatic carbocycles.